The van der Waals surface area contributed by atoms with Gasteiger partial charge in [-0.25, -0.2) is 0 Å². The normalized spacial score (nSPS) is 18.8. The second-order valence-electron chi connectivity index (χ2n) is 3.10. The van der Waals surface area contributed by atoms with Crippen LogP contribution in [0.2, 0.25) is 0 Å². The second-order valence-corrected chi connectivity index (χ2v) is 3.10. The van der Waals surface area contributed by atoms with Gasteiger partial charge in [0, 0.05) is 7.05 Å². The van der Waals surface area contributed by atoms with Gasteiger partial charge in [-0.15, -0.1) is 0 Å². The van der Waals surface area contributed by atoms with E-state index in [4.69, 9.17) is 4.74 Å². The van der Waals surface area contributed by atoms with Crippen LogP contribution in [0.3, 0.4) is 0 Å². The molecular formula is C10H12N2O2. The largest absolute Gasteiger partial charge is 0.477 e. The average Bonchev–Trinajstić information content (AvgIpc) is 2.27. The number of nitrogens with one attached hydrogen (secondary N) is 2. The Morgan fingerprint density at radius 2 is 2.36 bits per heavy atom. The number of rotatable bonds is 1. The third kappa shape index (κ3) is 1.51. The fourth-order valence-electron chi connectivity index (χ4n) is 1.42. The number of amides is 1. The van der Waals surface area contributed by atoms with Crippen LogP contribution in [0.5, 0.6) is 5.75 Å². The maximum absolute atomic E-state index is 11.3. The second kappa shape index (κ2) is 3.57. The number of para-hydroxylation sites is 2. The molecule has 74 valence electrons. The Labute approximate surface area is 82.3 Å². The summed E-state index contributed by atoms with van der Waals surface area (Å²) in [6, 6.07) is 7.58. The Morgan fingerprint density at radius 3 is 3.14 bits per heavy atom. The van der Waals surface area contributed by atoms with Gasteiger partial charge in [0.25, 0.3) is 5.91 Å². The van der Waals surface area contributed by atoms with Crippen molar-refractivity contribution in [2.24, 2.45) is 0 Å². The van der Waals surface area contributed by atoms with Crippen molar-refractivity contribution >= 4 is 11.6 Å². The van der Waals surface area contributed by atoms with Gasteiger partial charge in [0.2, 0.25) is 0 Å². The SMILES string of the molecule is CNC(=O)[C@@H]1CNc2ccccc2O1. The summed E-state index contributed by atoms with van der Waals surface area (Å²) in [5, 5.41) is 5.70. The molecule has 4 nitrogen and oxygen atoms in total. The molecule has 0 bridgehead atoms. The molecule has 4 heteroatoms. The number of carbonyl (C=O) groups excluding carboxylic acids is 1. The van der Waals surface area contributed by atoms with Gasteiger partial charge in [0.05, 0.1) is 12.2 Å². The van der Waals surface area contributed by atoms with E-state index in [1.54, 1.807) is 7.05 Å². The summed E-state index contributed by atoms with van der Waals surface area (Å²) >= 11 is 0. The first kappa shape index (κ1) is 8.87. The van der Waals surface area contributed by atoms with Crippen LogP contribution in [0.4, 0.5) is 5.69 Å². The average molecular weight is 192 g/mol. The fourth-order valence-corrected chi connectivity index (χ4v) is 1.42. The first-order valence-electron chi connectivity index (χ1n) is 4.52. The molecule has 0 aromatic heterocycles. The van der Waals surface area contributed by atoms with Crippen molar-refractivity contribution in [2.45, 2.75) is 6.10 Å². The van der Waals surface area contributed by atoms with Gasteiger partial charge in [-0.3, -0.25) is 4.79 Å². The summed E-state index contributed by atoms with van der Waals surface area (Å²) in [5.74, 6) is 0.624. The Morgan fingerprint density at radius 1 is 1.57 bits per heavy atom. The standard InChI is InChI=1S/C10H12N2O2/c1-11-10(13)9-6-12-7-4-2-3-5-8(7)14-9/h2-5,9,12H,6H2,1H3,(H,11,13)/t9-/m0/s1. The molecule has 14 heavy (non-hydrogen) atoms. The summed E-state index contributed by atoms with van der Waals surface area (Å²) in [7, 11) is 1.60. The van der Waals surface area contributed by atoms with Crippen molar-refractivity contribution < 1.29 is 9.53 Å². The number of fused-ring (bicyclic) bond motifs is 1. The maximum atomic E-state index is 11.3. The van der Waals surface area contributed by atoms with Gasteiger partial charge in [-0.05, 0) is 12.1 Å². The van der Waals surface area contributed by atoms with Gasteiger partial charge in [0.1, 0.15) is 5.75 Å². The van der Waals surface area contributed by atoms with Crippen molar-refractivity contribution in [1.82, 2.24) is 5.32 Å². The van der Waals surface area contributed by atoms with E-state index in [2.05, 4.69) is 10.6 Å². The lowest BCUT2D eigenvalue weighted by molar-refractivity contribution is -0.127. The highest BCUT2D eigenvalue weighted by Crippen LogP contribution is 2.27. The third-order valence-corrected chi connectivity index (χ3v) is 2.17. The van der Waals surface area contributed by atoms with Gasteiger partial charge in [0.15, 0.2) is 6.10 Å². The molecule has 2 N–H and O–H groups in total. The predicted octanol–water partition coefficient (Wildman–Crippen LogP) is 0.605. The number of benzene rings is 1. The van der Waals surface area contributed by atoms with E-state index in [9.17, 15) is 4.79 Å². The van der Waals surface area contributed by atoms with Crippen molar-refractivity contribution in [3.63, 3.8) is 0 Å². The fraction of sp³-hybridized carbons (Fsp3) is 0.300. The maximum Gasteiger partial charge on any atom is 0.262 e. The Bertz CT molecular complexity index is 352. The van der Waals surface area contributed by atoms with E-state index in [1.807, 2.05) is 24.3 Å². The van der Waals surface area contributed by atoms with Gasteiger partial charge in [-0.2, -0.15) is 0 Å². The van der Waals surface area contributed by atoms with Crippen LogP contribution >= 0.6 is 0 Å². The van der Waals surface area contributed by atoms with Gasteiger partial charge < -0.3 is 15.4 Å². The lowest BCUT2D eigenvalue weighted by atomic mass is 10.2. The first-order valence-corrected chi connectivity index (χ1v) is 4.52. The highest BCUT2D eigenvalue weighted by atomic mass is 16.5. The van der Waals surface area contributed by atoms with Gasteiger partial charge >= 0.3 is 0 Å². The molecule has 0 spiro atoms. The van der Waals surface area contributed by atoms with E-state index < -0.39 is 6.10 Å². The Hall–Kier alpha value is -1.71. The molecule has 1 aromatic rings. The molecule has 0 fully saturated rings. The number of carbonyl (C=O) groups is 1. The Balaban J connectivity index is 2.17. The lowest BCUT2D eigenvalue weighted by Gasteiger charge is -2.25. The molecule has 1 aliphatic heterocycles. The van der Waals surface area contributed by atoms with E-state index in [0.717, 1.165) is 11.4 Å². The molecule has 1 aliphatic rings. The molecule has 1 amide bonds. The van der Waals surface area contributed by atoms with Gasteiger partial charge in [-0.1, -0.05) is 12.1 Å². The van der Waals surface area contributed by atoms with E-state index in [1.165, 1.54) is 0 Å². The molecular weight excluding hydrogens is 180 g/mol. The van der Waals surface area contributed by atoms with Crippen molar-refractivity contribution in [1.29, 1.82) is 0 Å². The summed E-state index contributed by atoms with van der Waals surface area (Å²) < 4.78 is 5.51. The minimum Gasteiger partial charge on any atom is -0.477 e. The van der Waals surface area contributed by atoms with Crippen LogP contribution in [0.15, 0.2) is 24.3 Å². The molecule has 0 aliphatic carbocycles. The van der Waals surface area contributed by atoms with Crippen LogP contribution in [0.25, 0.3) is 0 Å². The zero-order valence-electron chi connectivity index (χ0n) is 7.91. The monoisotopic (exact) mass is 192 g/mol. The number of hydrogen-bond donors (Lipinski definition) is 2. The molecule has 1 heterocycles. The zero-order valence-corrected chi connectivity index (χ0v) is 7.91. The quantitative estimate of drug-likeness (QED) is 0.685. The van der Waals surface area contributed by atoms with E-state index in [-0.39, 0.29) is 5.91 Å². The minimum atomic E-state index is -0.435. The number of ether oxygens (including phenoxy) is 1. The molecule has 0 radical (unpaired) electrons. The van der Waals surface area contributed by atoms with E-state index in [0.29, 0.717) is 6.54 Å². The predicted molar refractivity (Wildman–Crippen MR) is 53.4 cm³/mol. The number of anilines is 1. The summed E-state index contributed by atoms with van der Waals surface area (Å²) in [6.07, 6.45) is -0.435. The van der Waals surface area contributed by atoms with Crippen LogP contribution in [-0.4, -0.2) is 25.6 Å². The van der Waals surface area contributed by atoms with E-state index >= 15 is 0 Å². The lowest BCUT2D eigenvalue weighted by Crippen LogP contribution is -2.43. The van der Waals surface area contributed by atoms with Crippen molar-refractivity contribution in [3.05, 3.63) is 24.3 Å². The molecule has 1 aromatic carbocycles. The number of hydrogen-bond acceptors (Lipinski definition) is 3. The number of likely N-dealkylation sites (N-methyl/N-ethyl adjacent to an activating group) is 1. The highest BCUT2D eigenvalue weighted by Gasteiger charge is 2.24. The highest BCUT2D eigenvalue weighted by molar-refractivity contribution is 5.82. The van der Waals surface area contributed by atoms with Crippen molar-refractivity contribution in [2.75, 3.05) is 18.9 Å². The smallest absolute Gasteiger partial charge is 0.262 e. The molecule has 0 saturated carbocycles. The van der Waals surface area contributed by atoms with Crippen LogP contribution in [0.1, 0.15) is 0 Å². The van der Waals surface area contributed by atoms with Crippen LogP contribution in [0, 0.1) is 0 Å². The van der Waals surface area contributed by atoms with Crippen LogP contribution in [-0.2, 0) is 4.79 Å². The third-order valence-electron chi connectivity index (χ3n) is 2.17. The molecule has 1 atom stereocenters. The van der Waals surface area contributed by atoms with Crippen LogP contribution < -0.4 is 15.4 Å². The molecule has 0 unspecified atom stereocenters. The minimum absolute atomic E-state index is 0.105. The topological polar surface area (TPSA) is 50.4 Å². The molecule has 0 saturated heterocycles. The summed E-state index contributed by atoms with van der Waals surface area (Å²) in [6.45, 7) is 0.511. The zero-order chi connectivity index (χ0) is 9.97. The van der Waals surface area contributed by atoms with Crippen molar-refractivity contribution in [3.8, 4) is 5.75 Å². The summed E-state index contributed by atoms with van der Waals surface area (Å²) in [5.41, 5.74) is 0.938. The first-order chi connectivity index (χ1) is 6.81. The summed E-state index contributed by atoms with van der Waals surface area (Å²) in [4.78, 5) is 11.3. The molecule has 2 rings (SSSR count). The Kier molecular flexibility index (Phi) is 2.26.